The Hall–Kier alpha value is -3.09. The highest BCUT2D eigenvalue weighted by atomic mass is 16.5. The molecule has 1 aliphatic rings. The second-order valence-electron chi connectivity index (χ2n) is 7.45. The normalized spacial score (nSPS) is 14.6. The smallest absolute Gasteiger partial charge is 0.321 e. The highest BCUT2D eigenvalue weighted by molar-refractivity contribution is 5.89. The van der Waals surface area contributed by atoms with Crippen molar-refractivity contribution in [3.05, 3.63) is 89.9 Å². The van der Waals surface area contributed by atoms with E-state index in [1.807, 2.05) is 47.4 Å². The Balaban J connectivity index is 1.23. The molecule has 0 atom stereocenters. The number of carbonyl (C=O) groups excluding carboxylic acids is 1. The number of carbonyl (C=O) groups is 1. The summed E-state index contributed by atoms with van der Waals surface area (Å²) in [5, 5.41) is 3.01. The van der Waals surface area contributed by atoms with Crippen molar-refractivity contribution in [3.63, 3.8) is 0 Å². The maximum atomic E-state index is 12.7. The van der Waals surface area contributed by atoms with Crippen LogP contribution in [-0.4, -0.2) is 42.0 Å². The number of ether oxygens (including phenoxy) is 1. The Labute approximate surface area is 177 Å². The average molecular weight is 405 g/mol. The zero-order chi connectivity index (χ0) is 20.6. The van der Waals surface area contributed by atoms with E-state index in [-0.39, 0.29) is 6.03 Å². The number of furan rings is 1. The number of anilines is 1. The van der Waals surface area contributed by atoms with Gasteiger partial charge < -0.3 is 19.4 Å². The molecule has 6 heteroatoms. The van der Waals surface area contributed by atoms with E-state index in [0.717, 1.165) is 49.7 Å². The van der Waals surface area contributed by atoms with E-state index in [0.29, 0.717) is 13.2 Å². The van der Waals surface area contributed by atoms with Crippen LogP contribution < -0.4 is 5.32 Å². The first-order valence-electron chi connectivity index (χ1n) is 10.3. The van der Waals surface area contributed by atoms with Crippen LogP contribution in [0.2, 0.25) is 0 Å². The van der Waals surface area contributed by atoms with Crippen molar-refractivity contribution < 1.29 is 13.9 Å². The minimum atomic E-state index is -0.0528. The van der Waals surface area contributed by atoms with E-state index in [2.05, 4.69) is 34.5 Å². The highest BCUT2D eigenvalue weighted by Crippen LogP contribution is 2.15. The van der Waals surface area contributed by atoms with Gasteiger partial charge in [-0.05, 0) is 35.4 Å². The largest absolute Gasteiger partial charge is 0.467 e. The number of amides is 2. The molecule has 3 aromatic rings. The third-order valence-electron chi connectivity index (χ3n) is 5.18. The highest BCUT2D eigenvalue weighted by Gasteiger charge is 2.21. The van der Waals surface area contributed by atoms with Crippen LogP contribution in [0.3, 0.4) is 0 Å². The van der Waals surface area contributed by atoms with Gasteiger partial charge in [-0.25, -0.2) is 4.79 Å². The summed E-state index contributed by atoms with van der Waals surface area (Å²) in [6.07, 6.45) is 1.64. The van der Waals surface area contributed by atoms with E-state index < -0.39 is 0 Å². The Morgan fingerprint density at radius 1 is 0.900 bits per heavy atom. The molecular weight excluding hydrogens is 378 g/mol. The molecule has 1 N–H and O–H groups in total. The van der Waals surface area contributed by atoms with E-state index in [9.17, 15) is 4.79 Å². The second-order valence-corrected chi connectivity index (χ2v) is 7.45. The van der Waals surface area contributed by atoms with Crippen LogP contribution in [0.1, 0.15) is 16.9 Å². The number of hydrogen-bond donors (Lipinski definition) is 1. The summed E-state index contributed by atoms with van der Waals surface area (Å²) in [4.78, 5) is 16.9. The van der Waals surface area contributed by atoms with Crippen molar-refractivity contribution in [3.8, 4) is 0 Å². The molecule has 2 aromatic carbocycles. The zero-order valence-electron chi connectivity index (χ0n) is 17.0. The number of nitrogens with one attached hydrogen (secondary N) is 1. The summed E-state index contributed by atoms with van der Waals surface area (Å²) in [6, 6.07) is 21.9. The standard InChI is InChI=1S/C24H27N3O3/c28-24(27-13-11-26(12-14-27)17-20-6-2-1-3-7-20)25-22-9-4-8-21(16-22)18-29-19-23-10-5-15-30-23/h1-10,15-16H,11-14,17-19H2,(H,25,28). The van der Waals surface area contributed by atoms with Crippen LogP contribution in [0.4, 0.5) is 10.5 Å². The lowest BCUT2D eigenvalue weighted by molar-refractivity contribution is 0.0930. The zero-order valence-corrected chi connectivity index (χ0v) is 17.0. The number of urea groups is 1. The van der Waals surface area contributed by atoms with Gasteiger partial charge >= 0.3 is 6.03 Å². The number of benzene rings is 2. The Morgan fingerprint density at radius 2 is 1.70 bits per heavy atom. The van der Waals surface area contributed by atoms with Gasteiger partial charge in [0.2, 0.25) is 0 Å². The monoisotopic (exact) mass is 405 g/mol. The lowest BCUT2D eigenvalue weighted by Crippen LogP contribution is -2.49. The molecule has 156 valence electrons. The van der Waals surface area contributed by atoms with E-state index in [1.165, 1.54) is 5.56 Å². The van der Waals surface area contributed by atoms with Crippen LogP contribution in [0, 0.1) is 0 Å². The summed E-state index contributed by atoms with van der Waals surface area (Å²) in [6.45, 7) is 5.02. The van der Waals surface area contributed by atoms with Gasteiger partial charge in [-0.15, -0.1) is 0 Å². The molecule has 1 saturated heterocycles. The topological polar surface area (TPSA) is 58.0 Å². The predicted molar refractivity (Wildman–Crippen MR) is 116 cm³/mol. The molecule has 0 spiro atoms. The van der Waals surface area contributed by atoms with Gasteiger partial charge in [-0.2, -0.15) is 0 Å². The average Bonchev–Trinajstić information content (AvgIpc) is 3.29. The first-order valence-corrected chi connectivity index (χ1v) is 10.3. The third kappa shape index (κ3) is 5.72. The van der Waals surface area contributed by atoms with Crippen LogP contribution in [0.25, 0.3) is 0 Å². The Kier molecular flexibility index (Phi) is 6.79. The third-order valence-corrected chi connectivity index (χ3v) is 5.18. The van der Waals surface area contributed by atoms with Gasteiger partial charge in [0.15, 0.2) is 0 Å². The quantitative estimate of drug-likeness (QED) is 0.635. The van der Waals surface area contributed by atoms with E-state index in [4.69, 9.17) is 9.15 Å². The molecule has 0 aliphatic carbocycles. The molecule has 6 nitrogen and oxygen atoms in total. The molecule has 1 aromatic heterocycles. The lowest BCUT2D eigenvalue weighted by atomic mass is 10.2. The first-order chi connectivity index (χ1) is 14.8. The van der Waals surface area contributed by atoms with Crippen LogP contribution in [0.15, 0.2) is 77.4 Å². The van der Waals surface area contributed by atoms with Gasteiger partial charge in [0.1, 0.15) is 12.4 Å². The van der Waals surface area contributed by atoms with Gasteiger partial charge in [0.25, 0.3) is 0 Å². The van der Waals surface area contributed by atoms with Gasteiger partial charge in [0, 0.05) is 38.4 Å². The van der Waals surface area contributed by atoms with Crippen LogP contribution in [0.5, 0.6) is 0 Å². The van der Waals surface area contributed by atoms with E-state index in [1.54, 1.807) is 6.26 Å². The molecule has 0 radical (unpaired) electrons. The second kappa shape index (κ2) is 10.1. The summed E-state index contributed by atoms with van der Waals surface area (Å²) in [7, 11) is 0. The van der Waals surface area contributed by atoms with Gasteiger partial charge in [-0.3, -0.25) is 4.90 Å². The molecule has 0 bridgehead atoms. The molecule has 4 rings (SSSR count). The maximum absolute atomic E-state index is 12.7. The van der Waals surface area contributed by atoms with E-state index >= 15 is 0 Å². The first kappa shape index (κ1) is 20.2. The number of piperazine rings is 1. The fraction of sp³-hybridized carbons (Fsp3) is 0.292. The molecule has 1 aliphatic heterocycles. The van der Waals surface area contributed by atoms with Crippen LogP contribution in [-0.2, 0) is 24.5 Å². The molecule has 0 unspecified atom stereocenters. The fourth-order valence-electron chi connectivity index (χ4n) is 3.56. The van der Waals surface area contributed by atoms with Crippen molar-refractivity contribution in [2.75, 3.05) is 31.5 Å². The lowest BCUT2D eigenvalue weighted by Gasteiger charge is -2.34. The molecular formula is C24H27N3O3. The van der Waals surface area contributed by atoms with Gasteiger partial charge in [0.05, 0.1) is 12.9 Å². The summed E-state index contributed by atoms with van der Waals surface area (Å²) >= 11 is 0. The maximum Gasteiger partial charge on any atom is 0.321 e. The van der Waals surface area contributed by atoms with Crippen molar-refractivity contribution in [2.45, 2.75) is 19.8 Å². The Bertz CT molecular complexity index is 920. The van der Waals surface area contributed by atoms with Crippen molar-refractivity contribution in [1.82, 2.24) is 9.80 Å². The molecule has 2 amide bonds. The van der Waals surface area contributed by atoms with Crippen molar-refractivity contribution in [1.29, 1.82) is 0 Å². The summed E-state index contributed by atoms with van der Waals surface area (Å²) in [5.41, 5.74) is 3.10. The number of hydrogen-bond acceptors (Lipinski definition) is 4. The SMILES string of the molecule is O=C(Nc1cccc(COCc2ccco2)c1)N1CCN(Cc2ccccc2)CC1. The molecule has 30 heavy (non-hydrogen) atoms. The predicted octanol–water partition coefficient (Wildman–Crippen LogP) is 4.35. The van der Waals surface area contributed by atoms with Crippen LogP contribution >= 0.6 is 0 Å². The minimum Gasteiger partial charge on any atom is -0.467 e. The summed E-state index contributed by atoms with van der Waals surface area (Å²) < 4.78 is 10.9. The molecule has 2 heterocycles. The summed E-state index contributed by atoms with van der Waals surface area (Å²) in [5.74, 6) is 0.797. The van der Waals surface area contributed by atoms with Gasteiger partial charge in [-0.1, -0.05) is 42.5 Å². The van der Waals surface area contributed by atoms with Crippen molar-refractivity contribution in [2.24, 2.45) is 0 Å². The number of nitrogens with zero attached hydrogens (tertiary/aromatic N) is 2. The minimum absolute atomic E-state index is 0.0528. The molecule has 0 saturated carbocycles. The fourth-order valence-corrected chi connectivity index (χ4v) is 3.56. The molecule has 1 fully saturated rings. The number of rotatable bonds is 7. The van der Waals surface area contributed by atoms with Crippen molar-refractivity contribution >= 4 is 11.7 Å². The Morgan fingerprint density at radius 3 is 2.47 bits per heavy atom.